The third-order valence-electron chi connectivity index (χ3n) is 2.27. The minimum atomic E-state index is -0.483. The van der Waals surface area contributed by atoms with Crippen LogP contribution in [0, 0.1) is 0 Å². The molecular weight excluding hydrogens is 314 g/mol. The van der Waals surface area contributed by atoms with E-state index in [-0.39, 0.29) is 5.97 Å². The number of carbonyl (C=O) groups is 1. The Hall–Kier alpha value is -1.07. The maximum atomic E-state index is 12.0. The summed E-state index contributed by atoms with van der Waals surface area (Å²) in [7, 11) is 0. The summed E-state index contributed by atoms with van der Waals surface area (Å²) in [6, 6.07) is 5.55. The Labute approximate surface area is 118 Å². The number of rotatable bonds is 1. The second-order valence-corrected chi connectivity index (χ2v) is 6.87. The van der Waals surface area contributed by atoms with E-state index < -0.39 is 5.60 Å². The van der Waals surface area contributed by atoms with Crippen LogP contribution in [0.3, 0.4) is 0 Å². The molecule has 0 aliphatic rings. The first kappa shape index (κ1) is 13.4. The van der Waals surface area contributed by atoms with Crippen molar-refractivity contribution >= 4 is 49.0 Å². The summed E-state index contributed by atoms with van der Waals surface area (Å²) in [5, 5.41) is 0.945. The SMILES string of the molecule is CC(C)(C)OC(=O)c1cc2c(Br)c(N)ccc2s1. The third-order valence-corrected chi connectivity index (χ3v) is 4.23. The van der Waals surface area contributed by atoms with E-state index in [1.807, 2.05) is 39.0 Å². The monoisotopic (exact) mass is 327 g/mol. The number of nitrogens with two attached hydrogens (primary N) is 1. The second-order valence-electron chi connectivity index (χ2n) is 4.99. The standard InChI is InChI=1S/C13H14BrNO2S/c1-13(2,3)17-12(16)10-6-7-9(18-10)5-4-8(15)11(7)14/h4-6H,15H2,1-3H3. The molecule has 2 N–H and O–H groups in total. The summed E-state index contributed by atoms with van der Waals surface area (Å²) >= 11 is 4.84. The Morgan fingerprint density at radius 2 is 2.06 bits per heavy atom. The van der Waals surface area contributed by atoms with Crippen LogP contribution in [0.15, 0.2) is 22.7 Å². The lowest BCUT2D eigenvalue weighted by Crippen LogP contribution is -2.23. The Morgan fingerprint density at radius 3 is 2.67 bits per heavy atom. The van der Waals surface area contributed by atoms with Gasteiger partial charge >= 0.3 is 5.97 Å². The molecule has 0 spiro atoms. The van der Waals surface area contributed by atoms with Crippen molar-refractivity contribution in [3.05, 3.63) is 27.5 Å². The van der Waals surface area contributed by atoms with Crippen LogP contribution in [0.4, 0.5) is 5.69 Å². The Morgan fingerprint density at radius 1 is 1.39 bits per heavy atom. The number of ether oxygens (including phenoxy) is 1. The van der Waals surface area contributed by atoms with Crippen LogP contribution in [0.2, 0.25) is 0 Å². The largest absolute Gasteiger partial charge is 0.456 e. The van der Waals surface area contributed by atoms with Crippen molar-refractivity contribution in [2.45, 2.75) is 26.4 Å². The van der Waals surface area contributed by atoms with E-state index in [9.17, 15) is 4.79 Å². The van der Waals surface area contributed by atoms with Gasteiger partial charge in [-0.1, -0.05) is 0 Å². The summed E-state index contributed by atoms with van der Waals surface area (Å²) in [4.78, 5) is 12.6. The van der Waals surface area contributed by atoms with Crippen molar-refractivity contribution in [2.24, 2.45) is 0 Å². The molecule has 3 nitrogen and oxygen atoms in total. The van der Waals surface area contributed by atoms with Crippen molar-refractivity contribution in [1.29, 1.82) is 0 Å². The molecule has 0 atom stereocenters. The number of hydrogen-bond donors (Lipinski definition) is 1. The Bertz CT molecular complexity index is 613. The summed E-state index contributed by atoms with van der Waals surface area (Å²) in [5.74, 6) is -0.297. The van der Waals surface area contributed by atoms with Crippen LogP contribution in [0.25, 0.3) is 10.1 Å². The van der Waals surface area contributed by atoms with E-state index in [1.165, 1.54) is 11.3 Å². The Balaban J connectivity index is 2.42. The van der Waals surface area contributed by atoms with Gasteiger partial charge in [0.15, 0.2) is 0 Å². The van der Waals surface area contributed by atoms with Gasteiger partial charge in [-0.05, 0) is 54.9 Å². The highest BCUT2D eigenvalue weighted by molar-refractivity contribution is 9.10. The minimum absolute atomic E-state index is 0.297. The molecule has 18 heavy (non-hydrogen) atoms. The number of nitrogen functional groups attached to an aromatic ring is 1. The summed E-state index contributed by atoms with van der Waals surface area (Å²) in [6.07, 6.45) is 0. The molecule has 1 aromatic heterocycles. The van der Waals surface area contributed by atoms with Crippen molar-refractivity contribution < 1.29 is 9.53 Å². The zero-order valence-electron chi connectivity index (χ0n) is 10.4. The number of esters is 1. The lowest BCUT2D eigenvalue weighted by molar-refractivity contribution is 0.00753. The quantitative estimate of drug-likeness (QED) is 0.630. The fraction of sp³-hybridized carbons (Fsp3) is 0.308. The Kier molecular flexibility index (Phi) is 3.38. The minimum Gasteiger partial charge on any atom is -0.456 e. The third kappa shape index (κ3) is 2.67. The molecule has 1 aromatic carbocycles. The highest BCUT2D eigenvalue weighted by atomic mass is 79.9. The summed E-state index contributed by atoms with van der Waals surface area (Å²) in [5.41, 5.74) is 5.99. The molecule has 0 amide bonds. The molecule has 0 unspecified atom stereocenters. The molecule has 0 saturated carbocycles. The lowest BCUT2D eigenvalue weighted by atomic mass is 10.2. The van der Waals surface area contributed by atoms with Crippen molar-refractivity contribution in [3.63, 3.8) is 0 Å². The highest BCUT2D eigenvalue weighted by Crippen LogP contribution is 2.35. The average Bonchev–Trinajstić information content (AvgIpc) is 2.66. The van der Waals surface area contributed by atoms with Gasteiger partial charge in [0.25, 0.3) is 0 Å². The number of carbonyl (C=O) groups excluding carboxylic acids is 1. The van der Waals surface area contributed by atoms with E-state index in [4.69, 9.17) is 10.5 Å². The van der Waals surface area contributed by atoms with E-state index in [1.54, 1.807) is 0 Å². The van der Waals surface area contributed by atoms with Crippen molar-refractivity contribution in [2.75, 3.05) is 5.73 Å². The van der Waals surface area contributed by atoms with Gasteiger partial charge in [-0.3, -0.25) is 0 Å². The smallest absolute Gasteiger partial charge is 0.348 e. The molecule has 0 fully saturated rings. The van der Waals surface area contributed by atoms with Crippen molar-refractivity contribution in [1.82, 2.24) is 0 Å². The average molecular weight is 328 g/mol. The molecule has 2 aromatic rings. The molecular formula is C13H14BrNO2S. The van der Waals surface area contributed by atoms with Gasteiger partial charge in [-0.25, -0.2) is 4.79 Å². The van der Waals surface area contributed by atoms with Gasteiger partial charge in [0.2, 0.25) is 0 Å². The number of fused-ring (bicyclic) bond motifs is 1. The molecule has 5 heteroatoms. The van der Waals surface area contributed by atoms with Crippen LogP contribution >= 0.6 is 27.3 Å². The summed E-state index contributed by atoms with van der Waals surface area (Å²) < 4.78 is 7.18. The van der Waals surface area contributed by atoms with Gasteiger partial charge in [0.05, 0.1) is 0 Å². The number of thiophene rings is 1. The molecule has 0 saturated heterocycles. The van der Waals surface area contributed by atoms with E-state index >= 15 is 0 Å². The van der Waals surface area contributed by atoms with Gasteiger partial charge in [0, 0.05) is 20.2 Å². The predicted octanol–water partition coefficient (Wildman–Crippen LogP) is 4.20. The number of benzene rings is 1. The number of hydrogen-bond acceptors (Lipinski definition) is 4. The zero-order valence-corrected chi connectivity index (χ0v) is 12.8. The first-order valence-electron chi connectivity index (χ1n) is 5.49. The molecule has 2 rings (SSSR count). The number of halogens is 1. The fourth-order valence-electron chi connectivity index (χ4n) is 1.52. The van der Waals surface area contributed by atoms with Crippen LogP contribution in [0.1, 0.15) is 30.4 Å². The van der Waals surface area contributed by atoms with Crippen LogP contribution in [0.5, 0.6) is 0 Å². The van der Waals surface area contributed by atoms with Gasteiger partial charge in [0.1, 0.15) is 10.5 Å². The van der Waals surface area contributed by atoms with E-state index in [0.717, 1.165) is 14.6 Å². The highest BCUT2D eigenvalue weighted by Gasteiger charge is 2.20. The second kappa shape index (κ2) is 4.55. The first-order chi connectivity index (χ1) is 8.28. The van der Waals surface area contributed by atoms with Crippen LogP contribution < -0.4 is 5.73 Å². The number of anilines is 1. The normalized spacial score (nSPS) is 11.8. The first-order valence-corrected chi connectivity index (χ1v) is 7.10. The fourth-order valence-corrected chi connectivity index (χ4v) is 3.06. The topological polar surface area (TPSA) is 52.3 Å². The van der Waals surface area contributed by atoms with Crippen LogP contribution in [-0.4, -0.2) is 11.6 Å². The van der Waals surface area contributed by atoms with E-state index in [0.29, 0.717) is 10.6 Å². The maximum absolute atomic E-state index is 12.0. The molecule has 0 bridgehead atoms. The lowest BCUT2D eigenvalue weighted by Gasteiger charge is -2.18. The molecule has 96 valence electrons. The zero-order chi connectivity index (χ0) is 13.5. The van der Waals surface area contributed by atoms with Crippen LogP contribution in [-0.2, 0) is 4.74 Å². The molecule has 1 heterocycles. The predicted molar refractivity (Wildman–Crippen MR) is 79.1 cm³/mol. The van der Waals surface area contributed by atoms with E-state index in [2.05, 4.69) is 15.9 Å². The molecule has 0 aliphatic heterocycles. The van der Waals surface area contributed by atoms with Gasteiger partial charge in [-0.2, -0.15) is 0 Å². The molecule has 0 aliphatic carbocycles. The summed E-state index contributed by atoms with van der Waals surface area (Å²) in [6.45, 7) is 5.56. The maximum Gasteiger partial charge on any atom is 0.348 e. The van der Waals surface area contributed by atoms with Gasteiger partial charge in [-0.15, -0.1) is 11.3 Å². The van der Waals surface area contributed by atoms with Gasteiger partial charge < -0.3 is 10.5 Å². The molecule has 0 radical (unpaired) electrons. The van der Waals surface area contributed by atoms with Crippen molar-refractivity contribution in [3.8, 4) is 0 Å².